The Morgan fingerprint density at radius 1 is 1.11 bits per heavy atom. The number of halogens is 1. The first-order valence-electron chi connectivity index (χ1n) is 8.66. The predicted molar refractivity (Wildman–Crippen MR) is 106 cm³/mol. The first-order valence-corrected chi connectivity index (χ1v) is 9.04. The molecule has 0 saturated heterocycles. The number of hydrogen-bond acceptors (Lipinski definition) is 4. The van der Waals surface area contributed by atoms with E-state index in [-0.39, 0.29) is 5.69 Å². The first-order chi connectivity index (χ1) is 13.0. The zero-order valence-corrected chi connectivity index (χ0v) is 16.0. The van der Waals surface area contributed by atoms with Crippen LogP contribution in [-0.4, -0.2) is 14.7 Å². The lowest BCUT2D eigenvalue weighted by Gasteiger charge is -2.08. The van der Waals surface area contributed by atoms with Crippen molar-refractivity contribution in [2.45, 2.75) is 33.5 Å². The number of nitro benzene ring substituents is 1. The lowest BCUT2D eigenvalue weighted by atomic mass is 10.1. The highest BCUT2D eigenvalue weighted by Crippen LogP contribution is 2.19. The van der Waals surface area contributed by atoms with Crippen molar-refractivity contribution in [1.29, 1.82) is 0 Å². The van der Waals surface area contributed by atoms with Gasteiger partial charge in [0.25, 0.3) is 5.69 Å². The van der Waals surface area contributed by atoms with Crippen LogP contribution in [0.4, 0.5) is 5.69 Å². The van der Waals surface area contributed by atoms with E-state index in [9.17, 15) is 10.1 Å². The van der Waals surface area contributed by atoms with Crippen molar-refractivity contribution in [3.8, 4) is 0 Å². The van der Waals surface area contributed by atoms with Crippen LogP contribution in [-0.2, 0) is 19.6 Å². The Morgan fingerprint density at radius 2 is 1.81 bits per heavy atom. The van der Waals surface area contributed by atoms with Crippen molar-refractivity contribution < 1.29 is 4.92 Å². The fourth-order valence-corrected chi connectivity index (χ4v) is 3.19. The van der Waals surface area contributed by atoms with Gasteiger partial charge in [-0.2, -0.15) is 5.10 Å². The Morgan fingerprint density at radius 3 is 2.48 bits per heavy atom. The summed E-state index contributed by atoms with van der Waals surface area (Å²) in [6, 6.07) is 14.4. The molecule has 0 fully saturated rings. The molecule has 0 atom stereocenters. The van der Waals surface area contributed by atoms with E-state index in [1.54, 1.807) is 12.1 Å². The summed E-state index contributed by atoms with van der Waals surface area (Å²) in [5.74, 6) is 0. The van der Waals surface area contributed by atoms with Gasteiger partial charge in [0, 0.05) is 41.5 Å². The number of hydrogen-bond donors (Lipinski definition) is 1. The van der Waals surface area contributed by atoms with Gasteiger partial charge in [0.05, 0.1) is 17.2 Å². The summed E-state index contributed by atoms with van der Waals surface area (Å²) in [6.45, 7) is 6.00. The van der Waals surface area contributed by atoms with Crippen LogP contribution in [0.2, 0.25) is 5.02 Å². The molecular formula is C20H21ClN4O2. The average Bonchev–Trinajstić information content (AvgIpc) is 2.91. The van der Waals surface area contributed by atoms with Crippen molar-refractivity contribution in [1.82, 2.24) is 15.1 Å². The van der Waals surface area contributed by atoms with Gasteiger partial charge in [-0.15, -0.1) is 0 Å². The standard InChI is InChI=1S/C20H21ClN4O2/c1-14-19(12-22-11-16-7-9-18(10-8-16)25(26)27)15(2)24(23-14)13-17-5-3-4-6-20(17)21/h3-10,22H,11-13H2,1-2H3. The van der Waals surface area contributed by atoms with Crippen molar-refractivity contribution in [3.05, 3.63) is 91.7 Å². The zero-order chi connectivity index (χ0) is 19.4. The molecule has 27 heavy (non-hydrogen) atoms. The monoisotopic (exact) mass is 384 g/mol. The van der Waals surface area contributed by atoms with E-state index < -0.39 is 4.92 Å². The van der Waals surface area contributed by atoms with Crippen molar-refractivity contribution in [3.63, 3.8) is 0 Å². The first kappa shape index (κ1) is 19.1. The molecule has 0 spiro atoms. The number of nitrogens with one attached hydrogen (secondary N) is 1. The van der Waals surface area contributed by atoms with Crippen LogP contribution in [0.1, 0.15) is 28.1 Å². The van der Waals surface area contributed by atoms with E-state index in [2.05, 4.69) is 17.3 Å². The molecule has 0 aliphatic heterocycles. The van der Waals surface area contributed by atoms with E-state index in [1.165, 1.54) is 12.1 Å². The molecule has 3 rings (SSSR count). The Balaban J connectivity index is 1.64. The highest BCUT2D eigenvalue weighted by Gasteiger charge is 2.12. The maximum Gasteiger partial charge on any atom is 0.269 e. The predicted octanol–water partition coefficient (Wildman–Crippen LogP) is 4.40. The number of rotatable bonds is 7. The number of aryl methyl sites for hydroxylation is 1. The van der Waals surface area contributed by atoms with Gasteiger partial charge in [-0.05, 0) is 31.0 Å². The molecule has 3 aromatic rings. The minimum absolute atomic E-state index is 0.103. The molecule has 140 valence electrons. The van der Waals surface area contributed by atoms with Crippen molar-refractivity contribution >= 4 is 17.3 Å². The number of aromatic nitrogens is 2. The largest absolute Gasteiger partial charge is 0.308 e. The van der Waals surface area contributed by atoms with Gasteiger partial charge < -0.3 is 5.32 Å². The van der Waals surface area contributed by atoms with E-state index >= 15 is 0 Å². The third-order valence-electron chi connectivity index (χ3n) is 4.59. The van der Waals surface area contributed by atoms with Crippen LogP contribution in [0.5, 0.6) is 0 Å². The van der Waals surface area contributed by atoms with Gasteiger partial charge in [-0.25, -0.2) is 0 Å². The second kappa shape index (κ2) is 8.33. The lowest BCUT2D eigenvalue weighted by Crippen LogP contribution is -2.14. The molecule has 0 radical (unpaired) electrons. The van der Waals surface area contributed by atoms with Gasteiger partial charge >= 0.3 is 0 Å². The number of nitro groups is 1. The van der Waals surface area contributed by atoms with E-state index in [1.807, 2.05) is 35.9 Å². The summed E-state index contributed by atoms with van der Waals surface area (Å²) in [5, 5.41) is 19.5. The molecule has 1 N–H and O–H groups in total. The molecule has 6 nitrogen and oxygen atoms in total. The Labute approximate surface area is 162 Å². The second-order valence-corrected chi connectivity index (χ2v) is 6.83. The molecule has 0 aliphatic carbocycles. The highest BCUT2D eigenvalue weighted by molar-refractivity contribution is 6.31. The topological polar surface area (TPSA) is 73.0 Å². The zero-order valence-electron chi connectivity index (χ0n) is 15.3. The van der Waals surface area contributed by atoms with Gasteiger partial charge in [-0.3, -0.25) is 14.8 Å². The molecule has 0 bridgehead atoms. The Hall–Kier alpha value is -2.70. The van der Waals surface area contributed by atoms with Crippen LogP contribution in [0.3, 0.4) is 0 Å². The molecule has 0 saturated carbocycles. The SMILES string of the molecule is Cc1nn(Cc2ccccc2Cl)c(C)c1CNCc1ccc([N+](=O)[O-])cc1. The Bertz CT molecular complexity index is 951. The average molecular weight is 385 g/mol. The minimum Gasteiger partial charge on any atom is -0.308 e. The summed E-state index contributed by atoms with van der Waals surface area (Å²) >= 11 is 6.26. The third-order valence-corrected chi connectivity index (χ3v) is 4.96. The molecule has 0 unspecified atom stereocenters. The van der Waals surface area contributed by atoms with Crippen LogP contribution in [0.15, 0.2) is 48.5 Å². The second-order valence-electron chi connectivity index (χ2n) is 6.43. The van der Waals surface area contributed by atoms with Gasteiger partial charge in [0.2, 0.25) is 0 Å². The fourth-order valence-electron chi connectivity index (χ4n) is 3.00. The van der Waals surface area contributed by atoms with Gasteiger partial charge in [0.15, 0.2) is 0 Å². The lowest BCUT2D eigenvalue weighted by molar-refractivity contribution is -0.384. The van der Waals surface area contributed by atoms with Crippen LogP contribution in [0, 0.1) is 24.0 Å². The third kappa shape index (κ3) is 4.53. The Kier molecular flexibility index (Phi) is 5.88. The van der Waals surface area contributed by atoms with Crippen molar-refractivity contribution in [2.75, 3.05) is 0 Å². The van der Waals surface area contributed by atoms with Crippen molar-refractivity contribution in [2.24, 2.45) is 0 Å². The number of benzene rings is 2. The van der Waals surface area contributed by atoms with Gasteiger partial charge in [0.1, 0.15) is 0 Å². The van der Waals surface area contributed by atoms with E-state index in [0.29, 0.717) is 19.6 Å². The molecule has 1 aromatic heterocycles. The molecular weight excluding hydrogens is 364 g/mol. The summed E-state index contributed by atoms with van der Waals surface area (Å²) < 4.78 is 1.97. The van der Waals surface area contributed by atoms with Crippen LogP contribution < -0.4 is 5.32 Å². The van der Waals surface area contributed by atoms with Crippen LogP contribution >= 0.6 is 11.6 Å². The quantitative estimate of drug-likeness (QED) is 0.484. The molecule has 0 aliphatic rings. The number of nitrogens with zero attached hydrogens (tertiary/aromatic N) is 3. The number of non-ortho nitro benzene ring substituents is 1. The molecule has 1 heterocycles. The van der Waals surface area contributed by atoms with Gasteiger partial charge in [-0.1, -0.05) is 41.9 Å². The maximum atomic E-state index is 10.7. The smallest absolute Gasteiger partial charge is 0.269 e. The van der Waals surface area contributed by atoms with Crippen LogP contribution in [0.25, 0.3) is 0 Å². The summed E-state index contributed by atoms with van der Waals surface area (Å²) in [7, 11) is 0. The highest BCUT2D eigenvalue weighted by atomic mass is 35.5. The summed E-state index contributed by atoms with van der Waals surface area (Å²) in [6.07, 6.45) is 0. The van der Waals surface area contributed by atoms with E-state index in [0.717, 1.165) is 33.1 Å². The molecule has 7 heteroatoms. The summed E-state index contributed by atoms with van der Waals surface area (Å²) in [5.41, 5.74) is 5.38. The normalized spacial score (nSPS) is 10.9. The molecule has 0 amide bonds. The molecule has 2 aromatic carbocycles. The van der Waals surface area contributed by atoms with E-state index in [4.69, 9.17) is 11.6 Å². The maximum absolute atomic E-state index is 10.7. The fraction of sp³-hybridized carbons (Fsp3) is 0.250. The minimum atomic E-state index is -0.392. The summed E-state index contributed by atoms with van der Waals surface area (Å²) in [4.78, 5) is 10.3.